The number of aromatic nitrogens is 3. The van der Waals surface area contributed by atoms with E-state index in [1.165, 1.54) is 24.3 Å². The molecule has 1 heterocycles. The third-order valence-electron chi connectivity index (χ3n) is 3.41. The molecule has 0 radical (unpaired) electrons. The van der Waals surface area contributed by atoms with E-state index in [0.717, 1.165) is 6.42 Å². The van der Waals surface area contributed by atoms with Crippen molar-refractivity contribution in [1.29, 1.82) is 0 Å². The Hall–Kier alpha value is -2.15. The Morgan fingerprint density at radius 1 is 0.926 bits per heavy atom. The van der Waals surface area contributed by atoms with E-state index in [1.54, 1.807) is 0 Å². The number of benzene rings is 1. The van der Waals surface area contributed by atoms with Crippen molar-refractivity contribution in [1.82, 2.24) is 15.0 Å². The van der Waals surface area contributed by atoms with E-state index in [2.05, 4.69) is 20.3 Å². The third-order valence-corrected chi connectivity index (χ3v) is 5.09. The van der Waals surface area contributed by atoms with Gasteiger partial charge in [0, 0.05) is 18.5 Å². The minimum absolute atomic E-state index is 0.164. The largest absolute Gasteiger partial charge is 0.324 e. The first kappa shape index (κ1) is 21.2. The Bertz CT molecular complexity index is 991. The molecule has 0 spiro atoms. The van der Waals surface area contributed by atoms with Gasteiger partial charge in [-0.3, -0.25) is 9.11 Å². The van der Waals surface area contributed by atoms with E-state index in [-0.39, 0.29) is 29.4 Å². The lowest BCUT2D eigenvalue weighted by Gasteiger charge is -2.09. The number of hydrogen-bond donors (Lipinski definition) is 3. The fourth-order valence-electron chi connectivity index (χ4n) is 2.22. The Kier molecular flexibility index (Phi) is 6.81. The first-order chi connectivity index (χ1) is 12.6. The van der Waals surface area contributed by atoms with Gasteiger partial charge in [0.15, 0.2) is 0 Å². The zero-order chi connectivity index (χ0) is 20.1. The summed E-state index contributed by atoms with van der Waals surface area (Å²) in [5, 5.41) is 2.92. The lowest BCUT2D eigenvalue weighted by molar-refractivity contribution is 0.479. The summed E-state index contributed by atoms with van der Waals surface area (Å²) in [6.45, 7) is 1.96. The van der Waals surface area contributed by atoms with Crippen molar-refractivity contribution in [3.63, 3.8) is 0 Å². The van der Waals surface area contributed by atoms with Gasteiger partial charge in [-0.2, -0.15) is 26.8 Å². The number of nitrogens with one attached hydrogen (secondary N) is 1. The number of rotatable bonds is 9. The van der Waals surface area contributed by atoms with Crippen molar-refractivity contribution in [2.24, 2.45) is 0 Å². The molecule has 12 heteroatoms. The van der Waals surface area contributed by atoms with Gasteiger partial charge < -0.3 is 5.32 Å². The highest BCUT2D eigenvalue weighted by Gasteiger charge is 2.11. The second kappa shape index (κ2) is 8.69. The predicted octanol–water partition coefficient (Wildman–Crippen LogP) is 1.63. The van der Waals surface area contributed by atoms with Crippen LogP contribution in [0.1, 0.15) is 31.4 Å². The molecule has 2 aromatic rings. The molecule has 0 aliphatic carbocycles. The van der Waals surface area contributed by atoms with Crippen molar-refractivity contribution in [3.05, 3.63) is 35.9 Å². The Balaban J connectivity index is 2.19. The van der Waals surface area contributed by atoms with Gasteiger partial charge >= 0.3 is 0 Å². The lowest BCUT2D eigenvalue weighted by atomic mass is 10.3. The minimum Gasteiger partial charge on any atom is -0.324 e. The molecule has 0 bridgehead atoms. The zero-order valence-electron chi connectivity index (χ0n) is 14.5. The van der Waals surface area contributed by atoms with Crippen LogP contribution in [-0.4, -0.2) is 46.6 Å². The molecule has 1 aromatic heterocycles. The van der Waals surface area contributed by atoms with Crippen LogP contribution in [0.5, 0.6) is 0 Å². The second-order valence-electron chi connectivity index (χ2n) is 5.76. The van der Waals surface area contributed by atoms with Crippen LogP contribution in [0.25, 0.3) is 0 Å². The number of hydrogen-bond acceptors (Lipinski definition) is 8. The average molecular weight is 416 g/mol. The molecule has 148 valence electrons. The van der Waals surface area contributed by atoms with Crippen LogP contribution in [0.15, 0.2) is 29.2 Å². The van der Waals surface area contributed by atoms with Crippen LogP contribution < -0.4 is 5.32 Å². The molecule has 2 rings (SSSR count). The first-order valence-electron chi connectivity index (χ1n) is 8.10. The summed E-state index contributed by atoms with van der Waals surface area (Å²) in [6, 6.07) is 5.37. The molecule has 0 aliphatic heterocycles. The maximum absolute atomic E-state index is 11.1. The van der Waals surface area contributed by atoms with Crippen molar-refractivity contribution in [2.75, 3.05) is 11.1 Å². The zero-order valence-corrected chi connectivity index (χ0v) is 16.2. The molecule has 0 aliphatic rings. The van der Waals surface area contributed by atoms with E-state index in [9.17, 15) is 16.8 Å². The van der Waals surface area contributed by atoms with Gasteiger partial charge in [0.2, 0.25) is 5.95 Å². The van der Waals surface area contributed by atoms with E-state index < -0.39 is 20.2 Å². The molecule has 3 N–H and O–H groups in total. The minimum atomic E-state index is -4.27. The van der Waals surface area contributed by atoms with Gasteiger partial charge in [0.05, 0.1) is 10.6 Å². The maximum Gasteiger partial charge on any atom is 0.294 e. The fourth-order valence-corrected chi connectivity index (χ4v) is 3.21. The van der Waals surface area contributed by atoms with Crippen LogP contribution in [0.4, 0.5) is 11.6 Å². The van der Waals surface area contributed by atoms with Crippen LogP contribution in [0.2, 0.25) is 0 Å². The molecule has 0 saturated carbocycles. The van der Waals surface area contributed by atoms with E-state index in [0.29, 0.717) is 23.8 Å². The van der Waals surface area contributed by atoms with Crippen molar-refractivity contribution < 1.29 is 25.9 Å². The Morgan fingerprint density at radius 3 is 2.04 bits per heavy atom. The van der Waals surface area contributed by atoms with Crippen molar-refractivity contribution >= 4 is 31.9 Å². The van der Waals surface area contributed by atoms with Gasteiger partial charge in [-0.05, 0) is 37.1 Å². The molecule has 0 atom stereocenters. The quantitative estimate of drug-likeness (QED) is 0.513. The van der Waals surface area contributed by atoms with Gasteiger partial charge in [0.1, 0.15) is 11.6 Å². The molecule has 0 unspecified atom stereocenters. The summed E-state index contributed by atoms with van der Waals surface area (Å²) in [5.74, 6) is 0.761. The third kappa shape index (κ3) is 7.17. The van der Waals surface area contributed by atoms with Gasteiger partial charge in [-0.25, -0.2) is 4.98 Å². The molecule has 0 amide bonds. The second-order valence-corrected chi connectivity index (χ2v) is 8.75. The normalized spacial score (nSPS) is 12.1. The number of aryl methyl sites for hydroxylation is 2. The first-order valence-corrected chi connectivity index (χ1v) is 11.2. The average Bonchev–Trinajstić information content (AvgIpc) is 2.53. The fraction of sp³-hybridized carbons (Fsp3) is 0.400. The topological polar surface area (TPSA) is 159 Å². The van der Waals surface area contributed by atoms with Crippen LogP contribution in [-0.2, 0) is 33.1 Å². The Labute approximate surface area is 157 Å². The highest BCUT2D eigenvalue weighted by molar-refractivity contribution is 7.86. The lowest BCUT2D eigenvalue weighted by Crippen LogP contribution is -2.10. The summed E-state index contributed by atoms with van der Waals surface area (Å²) >= 11 is 0. The van der Waals surface area contributed by atoms with Gasteiger partial charge in [-0.1, -0.05) is 6.92 Å². The van der Waals surface area contributed by atoms with Crippen LogP contribution in [0.3, 0.4) is 0 Å². The summed E-state index contributed by atoms with van der Waals surface area (Å²) in [7, 11) is -8.32. The summed E-state index contributed by atoms with van der Waals surface area (Å²) in [6.07, 6.45) is 1.81. The molecule has 0 fully saturated rings. The maximum atomic E-state index is 11.1. The summed E-state index contributed by atoms with van der Waals surface area (Å²) in [4.78, 5) is 12.5. The summed E-state index contributed by atoms with van der Waals surface area (Å²) < 4.78 is 61.6. The van der Waals surface area contributed by atoms with E-state index in [1.807, 2.05) is 6.92 Å². The molecule has 1 aromatic carbocycles. The molecule has 10 nitrogen and oxygen atoms in total. The molecule has 27 heavy (non-hydrogen) atoms. The summed E-state index contributed by atoms with van der Waals surface area (Å²) in [5.41, 5.74) is 0.500. The molecule has 0 saturated heterocycles. The SMILES string of the molecule is CCCc1nc(CCCS(=O)(=O)O)nc(Nc2ccc(S(=O)(=O)O)cc2)n1. The highest BCUT2D eigenvalue weighted by Crippen LogP contribution is 2.17. The Morgan fingerprint density at radius 2 is 1.52 bits per heavy atom. The number of nitrogens with zero attached hydrogens (tertiary/aromatic N) is 3. The van der Waals surface area contributed by atoms with Gasteiger partial charge in [-0.15, -0.1) is 0 Å². The highest BCUT2D eigenvalue weighted by atomic mass is 32.2. The standard InChI is InChI=1S/C15H20N4O6S2/c1-2-4-13-17-14(5-3-10-26(20,21)22)19-15(18-13)16-11-6-8-12(9-7-11)27(23,24)25/h6-9H,2-5,10H2,1H3,(H,20,21,22)(H,23,24,25)(H,16,17,18,19). The number of anilines is 2. The van der Waals surface area contributed by atoms with Crippen molar-refractivity contribution in [2.45, 2.75) is 37.5 Å². The van der Waals surface area contributed by atoms with Crippen LogP contribution >= 0.6 is 0 Å². The molecular weight excluding hydrogens is 396 g/mol. The smallest absolute Gasteiger partial charge is 0.294 e. The van der Waals surface area contributed by atoms with E-state index >= 15 is 0 Å². The molecular formula is C15H20N4O6S2. The van der Waals surface area contributed by atoms with Crippen LogP contribution in [0, 0.1) is 0 Å². The van der Waals surface area contributed by atoms with Gasteiger partial charge in [0.25, 0.3) is 20.2 Å². The monoisotopic (exact) mass is 416 g/mol. The predicted molar refractivity (Wildman–Crippen MR) is 98.1 cm³/mol. The van der Waals surface area contributed by atoms with Crippen molar-refractivity contribution in [3.8, 4) is 0 Å². The van der Waals surface area contributed by atoms with E-state index in [4.69, 9.17) is 9.11 Å².